The number of aryl methyl sites for hydroxylation is 1. The molecule has 0 unspecified atom stereocenters. The first-order chi connectivity index (χ1) is 13.9. The zero-order valence-corrected chi connectivity index (χ0v) is 15.6. The van der Waals surface area contributed by atoms with Gasteiger partial charge in [0.15, 0.2) is 11.6 Å². The van der Waals surface area contributed by atoms with Crippen molar-refractivity contribution in [3.05, 3.63) is 53.3 Å². The van der Waals surface area contributed by atoms with Crippen LogP contribution in [-0.4, -0.2) is 22.3 Å². The minimum absolute atomic E-state index is 0.00432. The number of anilines is 1. The van der Waals surface area contributed by atoms with Gasteiger partial charge in [-0.05, 0) is 48.4 Å². The standard InChI is InChI=1S/C21H18F3N3O2/c1-3-5-13-11-16-18(17(12-13)29-21(23)24)27(10-4-2)26-19(16)25-20(28)14-6-8-15(22)9-7-14/h2,6-9,11-12,21H,3,5,10H2,1H3,(H,25,26,28). The summed E-state index contributed by atoms with van der Waals surface area (Å²) in [5.41, 5.74) is 1.24. The normalized spacial score (nSPS) is 10.9. The summed E-state index contributed by atoms with van der Waals surface area (Å²) in [5, 5.41) is 7.35. The molecule has 1 N–H and O–H groups in total. The molecule has 0 aliphatic rings. The van der Waals surface area contributed by atoms with E-state index in [0.717, 1.165) is 24.1 Å². The molecule has 1 aromatic heterocycles. The van der Waals surface area contributed by atoms with Crippen molar-refractivity contribution in [2.24, 2.45) is 0 Å². The highest BCUT2D eigenvalue weighted by Gasteiger charge is 2.20. The van der Waals surface area contributed by atoms with Gasteiger partial charge in [0.2, 0.25) is 0 Å². The van der Waals surface area contributed by atoms with Gasteiger partial charge in [0, 0.05) is 10.9 Å². The molecule has 0 bridgehead atoms. The maximum Gasteiger partial charge on any atom is 0.387 e. The number of carbonyl (C=O) groups excluding carboxylic acids is 1. The molecule has 1 amide bonds. The number of fused-ring (bicyclic) bond motifs is 1. The number of hydrogen-bond donors (Lipinski definition) is 1. The molecule has 29 heavy (non-hydrogen) atoms. The molecule has 5 nitrogen and oxygen atoms in total. The number of amides is 1. The SMILES string of the molecule is C#CCn1nc(NC(=O)c2ccc(F)cc2)c2cc(CCC)cc(OC(F)F)c21. The Morgan fingerprint density at radius 1 is 1.31 bits per heavy atom. The fraction of sp³-hybridized carbons (Fsp3) is 0.238. The minimum Gasteiger partial charge on any atom is -0.433 e. The second-order valence-electron chi connectivity index (χ2n) is 6.29. The summed E-state index contributed by atoms with van der Waals surface area (Å²) in [6.45, 7) is -1.08. The van der Waals surface area contributed by atoms with Crippen molar-refractivity contribution < 1.29 is 22.7 Å². The van der Waals surface area contributed by atoms with Crippen LogP contribution < -0.4 is 10.1 Å². The predicted molar refractivity (Wildman–Crippen MR) is 104 cm³/mol. The van der Waals surface area contributed by atoms with Crippen LogP contribution in [0.2, 0.25) is 0 Å². The maximum absolute atomic E-state index is 13.1. The number of benzene rings is 2. The molecular weight excluding hydrogens is 383 g/mol. The van der Waals surface area contributed by atoms with Crippen LogP contribution >= 0.6 is 0 Å². The van der Waals surface area contributed by atoms with E-state index in [1.54, 1.807) is 6.07 Å². The Bertz CT molecular complexity index is 1070. The van der Waals surface area contributed by atoms with Crippen LogP contribution in [0.4, 0.5) is 19.0 Å². The van der Waals surface area contributed by atoms with Crippen LogP contribution in [0.1, 0.15) is 29.3 Å². The first-order valence-corrected chi connectivity index (χ1v) is 8.91. The van der Waals surface area contributed by atoms with Gasteiger partial charge in [-0.3, -0.25) is 4.79 Å². The van der Waals surface area contributed by atoms with Gasteiger partial charge in [-0.25, -0.2) is 9.07 Å². The Balaban J connectivity index is 2.10. The van der Waals surface area contributed by atoms with Crippen LogP contribution in [0.3, 0.4) is 0 Å². The van der Waals surface area contributed by atoms with E-state index >= 15 is 0 Å². The number of alkyl halides is 2. The molecule has 0 saturated carbocycles. The maximum atomic E-state index is 13.1. The first kappa shape index (κ1) is 20.3. The quantitative estimate of drug-likeness (QED) is 0.588. The van der Waals surface area contributed by atoms with Crippen molar-refractivity contribution in [3.8, 4) is 18.1 Å². The molecule has 2 aromatic carbocycles. The molecule has 8 heteroatoms. The molecule has 0 radical (unpaired) electrons. The van der Waals surface area contributed by atoms with Gasteiger partial charge >= 0.3 is 6.61 Å². The Morgan fingerprint density at radius 3 is 2.66 bits per heavy atom. The molecule has 0 aliphatic carbocycles. The van der Waals surface area contributed by atoms with Gasteiger partial charge in [-0.15, -0.1) is 6.42 Å². The van der Waals surface area contributed by atoms with E-state index in [1.165, 1.54) is 22.9 Å². The van der Waals surface area contributed by atoms with E-state index in [1.807, 2.05) is 6.92 Å². The molecule has 3 aromatic rings. The van der Waals surface area contributed by atoms with E-state index < -0.39 is 18.3 Å². The van der Waals surface area contributed by atoms with Crippen molar-refractivity contribution in [3.63, 3.8) is 0 Å². The summed E-state index contributed by atoms with van der Waals surface area (Å²) in [5.74, 6) is 1.51. The molecule has 0 aliphatic heterocycles. The van der Waals surface area contributed by atoms with Gasteiger partial charge in [-0.1, -0.05) is 19.3 Å². The van der Waals surface area contributed by atoms with Gasteiger partial charge in [0.25, 0.3) is 5.91 Å². The summed E-state index contributed by atoms with van der Waals surface area (Å²) >= 11 is 0. The minimum atomic E-state index is -3.03. The summed E-state index contributed by atoms with van der Waals surface area (Å²) in [7, 11) is 0. The molecule has 0 saturated heterocycles. The van der Waals surface area contributed by atoms with Gasteiger partial charge in [0.05, 0.1) is 0 Å². The first-order valence-electron chi connectivity index (χ1n) is 8.91. The fourth-order valence-electron chi connectivity index (χ4n) is 3.03. The highest BCUT2D eigenvalue weighted by atomic mass is 19.3. The Kier molecular flexibility index (Phi) is 6.07. The predicted octanol–water partition coefficient (Wildman–Crippen LogP) is 4.61. The largest absolute Gasteiger partial charge is 0.433 e. The zero-order valence-electron chi connectivity index (χ0n) is 15.6. The smallest absolute Gasteiger partial charge is 0.387 e. The lowest BCUT2D eigenvalue weighted by Crippen LogP contribution is -2.13. The summed E-state index contributed by atoms with van der Waals surface area (Å²) < 4.78 is 45.0. The topological polar surface area (TPSA) is 56.2 Å². The number of hydrogen-bond acceptors (Lipinski definition) is 3. The van der Waals surface area contributed by atoms with Crippen molar-refractivity contribution in [1.82, 2.24) is 9.78 Å². The molecule has 1 heterocycles. The fourth-order valence-corrected chi connectivity index (χ4v) is 3.03. The number of nitrogens with zero attached hydrogens (tertiary/aromatic N) is 2. The van der Waals surface area contributed by atoms with Crippen molar-refractivity contribution in [2.75, 3.05) is 5.32 Å². The molecule has 0 spiro atoms. The number of nitrogens with one attached hydrogen (secondary N) is 1. The van der Waals surface area contributed by atoms with E-state index in [2.05, 4.69) is 16.3 Å². The number of carbonyl (C=O) groups is 1. The van der Waals surface area contributed by atoms with Gasteiger partial charge in [-0.2, -0.15) is 13.9 Å². The molecule has 150 valence electrons. The lowest BCUT2D eigenvalue weighted by atomic mass is 10.1. The van der Waals surface area contributed by atoms with E-state index in [9.17, 15) is 18.0 Å². The molecule has 3 rings (SSSR count). The van der Waals surface area contributed by atoms with Crippen LogP contribution in [0, 0.1) is 18.2 Å². The Labute approximate surface area is 165 Å². The van der Waals surface area contributed by atoms with E-state index in [-0.39, 0.29) is 29.2 Å². The average molecular weight is 401 g/mol. The molecular formula is C21H18F3N3O2. The number of terminal acetylenes is 1. The second-order valence-corrected chi connectivity index (χ2v) is 6.29. The zero-order chi connectivity index (χ0) is 21.0. The van der Waals surface area contributed by atoms with Gasteiger partial charge < -0.3 is 10.1 Å². The number of aromatic nitrogens is 2. The lowest BCUT2D eigenvalue weighted by molar-refractivity contribution is -0.0490. The highest BCUT2D eigenvalue weighted by molar-refractivity contribution is 6.08. The monoisotopic (exact) mass is 401 g/mol. The third kappa shape index (κ3) is 4.51. The van der Waals surface area contributed by atoms with Crippen molar-refractivity contribution in [1.29, 1.82) is 0 Å². The van der Waals surface area contributed by atoms with Gasteiger partial charge in [0.1, 0.15) is 17.9 Å². The average Bonchev–Trinajstić information content (AvgIpc) is 3.00. The van der Waals surface area contributed by atoms with E-state index in [4.69, 9.17) is 11.2 Å². The molecule has 0 fully saturated rings. The van der Waals surface area contributed by atoms with Crippen molar-refractivity contribution >= 4 is 22.6 Å². The third-order valence-corrected chi connectivity index (χ3v) is 4.20. The Morgan fingerprint density at radius 2 is 2.03 bits per heavy atom. The highest BCUT2D eigenvalue weighted by Crippen LogP contribution is 2.34. The summed E-state index contributed by atoms with van der Waals surface area (Å²) in [6.07, 6.45) is 6.79. The lowest BCUT2D eigenvalue weighted by Gasteiger charge is -2.10. The third-order valence-electron chi connectivity index (χ3n) is 4.20. The number of rotatable bonds is 7. The number of ether oxygens (including phenoxy) is 1. The summed E-state index contributed by atoms with van der Waals surface area (Å²) in [4.78, 5) is 12.5. The van der Waals surface area contributed by atoms with Crippen LogP contribution in [0.15, 0.2) is 36.4 Å². The van der Waals surface area contributed by atoms with Crippen LogP contribution in [-0.2, 0) is 13.0 Å². The number of halogens is 3. The van der Waals surface area contributed by atoms with E-state index in [0.29, 0.717) is 11.8 Å². The summed E-state index contributed by atoms with van der Waals surface area (Å²) in [6, 6.07) is 8.28. The van der Waals surface area contributed by atoms with Crippen LogP contribution in [0.25, 0.3) is 10.9 Å². The van der Waals surface area contributed by atoms with Crippen molar-refractivity contribution in [2.45, 2.75) is 32.9 Å². The second kappa shape index (κ2) is 8.69. The van der Waals surface area contributed by atoms with Crippen LogP contribution in [0.5, 0.6) is 5.75 Å². The Hall–Kier alpha value is -3.47. The molecule has 0 atom stereocenters.